The quantitative estimate of drug-likeness (QED) is 0.572. The lowest BCUT2D eigenvalue weighted by atomic mass is 10.4. The molecule has 3 amide bonds. The lowest BCUT2D eigenvalue weighted by molar-refractivity contribution is -0.120. The average Bonchev–Trinajstić information content (AvgIpc) is 3.22. The van der Waals surface area contributed by atoms with E-state index in [4.69, 9.17) is 4.74 Å². The molecule has 1 aliphatic heterocycles. The molecule has 0 radical (unpaired) electrons. The molecular formula is C12H22N4O3. The van der Waals surface area contributed by atoms with Crippen molar-refractivity contribution in [2.75, 3.05) is 45.9 Å². The van der Waals surface area contributed by atoms with Crippen LogP contribution in [0.25, 0.3) is 0 Å². The minimum absolute atomic E-state index is 0.0294. The van der Waals surface area contributed by atoms with Gasteiger partial charge in [0.05, 0.1) is 19.8 Å². The number of hydrogen-bond acceptors (Lipinski definition) is 4. The first-order valence-electron chi connectivity index (χ1n) is 6.85. The minimum atomic E-state index is -0.258. The number of nitrogens with zero attached hydrogens (tertiary/aromatic N) is 1. The Morgan fingerprint density at radius 2 is 1.89 bits per heavy atom. The normalized spacial score (nSPS) is 19.8. The molecule has 2 aliphatic rings. The van der Waals surface area contributed by atoms with E-state index in [1.165, 1.54) is 0 Å². The van der Waals surface area contributed by atoms with Gasteiger partial charge in [-0.2, -0.15) is 0 Å². The molecule has 19 heavy (non-hydrogen) atoms. The molecule has 0 aromatic carbocycles. The Morgan fingerprint density at radius 3 is 2.58 bits per heavy atom. The molecule has 1 aliphatic carbocycles. The summed E-state index contributed by atoms with van der Waals surface area (Å²) in [6.45, 7) is 4.80. The fourth-order valence-electron chi connectivity index (χ4n) is 1.87. The highest BCUT2D eigenvalue weighted by molar-refractivity contribution is 5.84. The molecule has 7 heteroatoms. The summed E-state index contributed by atoms with van der Waals surface area (Å²) in [7, 11) is 0. The van der Waals surface area contributed by atoms with Crippen molar-refractivity contribution >= 4 is 11.9 Å². The molecule has 0 bridgehead atoms. The smallest absolute Gasteiger partial charge is 0.315 e. The maximum absolute atomic E-state index is 11.5. The van der Waals surface area contributed by atoms with Gasteiger partial charge in [0.25, 0.3) is 0 Å². The first-order chi connectivity index (χ1) is 9.24. The summed E-state index contributed by atoms with van der Waals surface area (Å²) in [4.78, 5) is 25.0. The van der Waals surface area contributed by atoms with Gasteiger partial charge in [-0.25, -0.2) is 4.79 Å². The van der Waals surface area contributed by atoms with E-state index in [1.807, 2.05) is 0 Å². The molecule has 7 nitrogen and oxygen atoms in total. The Bertz CT molecular complexity index is 314. The summed E-state index contributed by atoms with van der Waals surface area (Å²) in [5.74, 6) is -0.154. The summed E-state index contributed by atoms with van der Waals surface area (Å²) >= 11 is 0. The first-order valence-corrected chi connectivity index (χ1v) is 6.85. The largest absolute Gasteiger partial charge is 0.379 e. The predicted molar refractivity (Wildman–Crippen MR) is 69.8 cm³/mol. The van der Waals surface area contributed by atoms with E-state index in [-0.39, 0.29) is 18.5 Å². The highest BCUT2D eigenvalue weighted by Crippen LogP contribution is 2.17. The van der Waals surface area contributed by atoms with Crippen LogP contribution in [-0.4, -0.2) is 68.8 Å². The van der Waals surface area contributed by atoms with Crippen LogP contribution in [0.15, 0.2) is 0 Å². The summed E-state index contributed by atoms with van der Waals surface area (Å²) in [5.41, 5.74) is 0. The second-order valence-corrected chi connectivity index (χ2v) is 4.91. The zero-order chi connectivity index (χ0) is 13.5. The Labute approximate surface area is 113 Å². The Hall–Kier alpha value is -1.34. The number of urea groups is 1. The highest BCUT2D eigenvalue weighted by Gasteiger charge is 2.23. The molecule has 1 saturated heterocycles. The molecule has 0 spiro atoms. The van der Waals surface area contributed by atoms with Crippen LogP contribution >= 0.6 is 0 Å². The molecule has 0 atom stereocenters. The van der Waals surface area contributed by atoms with Gasteiger partial charge < -0.3 is 20.7 Å². The van der Waals surface area contributed by atoms with Gasteiger partial charge in [0, 0.05) is 32.2 Å². The van der Waals surface area contributed by atoms with E-state index in [0.717, 1.165) is 45.7 Å². The third kappa shape index (κ3) is 5.89. The maximum atomic E-state index is 11.5. The van der Waals surface area contributed by atoms with Crippen LogP contribution in [0.4, 0.5) is 4.79 Å². The number of nitrogens with one attached hydrogen (secondary N) is 3. The van der Waals surface area contributed by atoms with Crippen LogP contribution in [0.1, 0.15) is 12.8 Å². The van der Waals surface area contributed by atoms with Crippen LogP contribution in [0.2, 0.25) is 0 Å². The predicted octanol–water partition coefficient (Wildman–Crippen LogP) is -1.10. The second-order valence-electron chi connectivity index (χ2n) is 4.91. The van der Waals surface area contributed by atoms with Crippen LogP contribution in [-0.2, 0) is 9.53 Å². The lowest BCUT2D eigenvalue weighted by Crippen LogP contribution is -2.45. The molecule has 108 valence electrons. The van der Waals surface area contributed by atoms with E-state index in [2.05, 4.69) is 20.9 Å². The van der Waals surface area contributed by atoms with Crippen LogP contribution < -0.4 is 16.0 Å². The van der Waals surface area contributed by atoms with E-state index in [0.29, 0.717) is 12.6 Å². The number of hydrogen-bond donors (Lipinski definition) is 3. The van der Waals surface area contributed by atoms with Gasteiger partial charge in [-0.05, 0) is 12.8 Å². The fourth-order valence-corrected chi connectivity index (χ4v) is 1.87. The van der Waals surface area contributed by atoms with Gasteiger partial charge in [0.2, 0.25) is 5.91 Å². The molecule has 3 N–H and O–H groups in total. The van der Waals surface area contributed by atoms with Gasteiger partial charge in [0.1, 0.15) is 0 Å². The van der Waals surface area contributed by atoms with Gasteiger partial charge in [-0.15, -0.1) is 0 Å². The second kappa shape index (κ2) is 7.30. The third-order valence-electron chi connectivity index (χ3n) is 3.18. The van der Waals surface area contributed by atoms with E-state index in [9.17, 15) is 9.59 Å². The third-order valence-corrected chi connectivity index (χ3v) is 3.18. The van der Waals surface area contributed by atoms with Crippen molar-refractivity contribution in [1.82, 2.24) is 20.9 Å². The van der Waals surface area contributed by atoms with Crippen molar-refractivity contribution < 1.29 is 14.3 Å². The molecule has 1 heterocycles. The Balaban J connectivity index is 1.47. The Kier molecular flexibility index (Phi) is 5.41. The molecule has 0 aromatic rings. The van der Waals surface area contributed by atoms with Crippen LogP contribution in [0.3, 0.4) is 0 Å². The standard InChI is InChI=1S/C12H22N4O3/c17-11(9-14-12(18)15-10-1-2-10)13-3-4-16-5-7-19-8-6-16/h10H,1-9H2,(H,13,17)(H2,14,15,18). The molecule has 2 fully saturated rings. The number of carbonyl (C=O) groups excluding carboxylic acids is 2. The van der Waals surface area contributed by atoms with Crippen molar-refractivity contribution in [2.24, 2.45) is 0 Å². The summed E-state index contributed by atoms with van der Waals surface area (Å²) < 4.78 is 5.25. The molecule has 0 unspecified atom stereocenters. The van der Waals surface area contributed by atoms with E-state index in [1.54, 1.807) is 0 Å². The lowest BCUT2D eigenvalue weighted by Gasteiger charge is -2.26. The maximum Gasteiger partial charge on any atom is 0.315 e. The van der Waals surface area contributed by atoms with Crippen LogP contribution in [0.5, 0.6) is 0 Å². The fraction of sp³-hybridized carbons (Fsp3) is 0.833. The van der Waals surface area contributed by atoms with E-state index < -0.39 is 0 Å². The number of carbonyl (C=O) groups is 2. The number of morpholine rings is 1. The van der Waals surface area contributed by atoms with Crippen molar-refractivity contribution in [3.05, 3.63) is 0 Å². The average molecular weight is 270 g/mol. The molecular weight excluding hydrogens is 248 g/mol. The summed E-state index contributed by atoms with van der Waals surface area (Å²) in [5, 5.41) is 8.10. The van der Waals surface area contributed by atoms with Crippen molar-refractivity contribution in [3.63, 3.8) is 0 Å². The van der Waals surface area contributed by atoms with Gasteiger partial charge in [-0.1, -0.05) is 0 Å². The molecule has 0 aromatic heterocycles. The molecule has 2 rings (SSSR count). The van der Waals surface area contributed by atoms with E-state index >= 15 is 0 Å². The van der Waals surface area contributed by atoms with Crippen molar-refractivity contribution in [3.8, 4) is 0 Å². The SMILES string of the molecule is O=C(CNC(=O)NC1CC1)NCCN1CCOCC1. The first kappa shape index (κ1) is 14.1. The zero-order valence-corrected chi connectivity index (χ0v) is 11.1. The van der Waals surface area contributed by atoms with Gasteiger partial charge in [-0.3, -0.25) is 9.69 Å². The highest BCUT2D eigenvalue weighted by atomic mass is 16.5. The summed E-state index contributed by atoms with van der Waals surface area (Å²) in [6, 6.07) is 0.0511. The number of ether oxygens (including phenoxy) is 1. The minimum Gasteiger partial charge on any atom is -0.379 e. The Morgan fingerprint density at radius 1 is 1.16 bits per heavy atom. The number of amides is 3. The van der Waals surface area contributed by atoms with Gasteiger partial charge in [0.15, 0.2) is 0 Å². The zero-order valence-electron chi connectivity index (χ0n) is 11.1. The monoisotopic (exact) mass is 270 g/mol. The summed E-state index contributed by atoms with van der Waals surface area (Å²) in [6.07, 6.45) is 2.08. The van der Waals surface area contributed by atoms with Crippen LogP contribution in [0, 0.1) is 0 Å². The topological polar surface area (TPSA) is 82.7 Å². The number of rotatable bonds is 6. The van der Waals surface area contributed by atoms with Crippen molar-refractivity contribution in [1.29, 1.82) is 0 Å². The van der Waals surface area contributed by atoms with Gasteiger partial charge >= 0.3 is 6.03 Å². The molecule has 1 saturated carbocycles. The van der Waals surface area contributed by atoms with Crippen molar-refractivity contribution in [2.45, 2.75) is 18.9 Å².